The largest absolute Gasteiger partial charge is 0.271 e. The van der Waals surface area contributed by atoms with Gasteiger partial charge in [-0.3, -0.25) is 0 Å². The molecule has 0 atom stereocenters. The molecule has 0 aliphatic carbocycles. The number of benzene rings is 2. The summed E-state index contributed by atoms with van der Waals surface area (Å²) in [6.45, 7) is 1.94. The first-order valence-corrected chi connectivity index (χ1v) is 8.62. The molecule has 0 unspecified atom stereocenters. The number of aromatic amines is 1. The number of nitrogens with one attached hydrogen (secondary N) is 1. The zero-order chi connectivity index (χ0) is 18.8. The average molecular weight is 378 g/mol. The molecule has 1 N–H and O–H groups in total. The summed E-state index contributed by atoms with van der Waals surface area (Å²) >= 11 is 5.28. The van der Waals surface area contributed by atoms with Crippen LogP contribution in [0.15, 0.2) is 65.8 Å². The first kappa shape index (κ1) is 17.0. The Morgan fingerprint density at radius 1 is 1.11 bits per heavy atom. The third kappa shape index (κ3) is 3.47. The Hall–Kier alpha value is -3.39. The maximum atomic E-state index is 13.0. The smallest absolute Gasteiger partial charge is 0.248 e. The molecular weight excluding hydrogens is 363 g/mol. The van der Waals surface area contributed by atoms with Gasteiger partial charge >= 0.3 is 0 Å². The predicted molar refractivity (Wildman–Crippen MR) is 104 cm³/mol. The van der Waals surface area contributed by atoms with Crippen LogP contribution in [0.1, 0.15) is 11.3 Å². The van der Waals surface area contributed by atoms with E-state index in [1.807, 2.05) is 43.3 Å². The van der Waals surface area contributed by atoms with Crippen LogP contribution in [0, 0.1) is 17.5 Å². The van der Waals surface area contributed by atoms with E-state index < -0.39 is 0 Å². The van der Waals surface area contributed by atoms with E-state index in [0.717, 1.165) is 22.5 Å². The van der Waals surface area contributed by atoms with Gasteiger partial charge in [-0.2, -0.15) is 14.9 Å². The quantitative estimate of drug-likeness (QED) is 0.429. The summed E-state index contributed by atoms with van der Waals surface area (Å²) in [5.41, 5.74) is 3.47. The number of nitrogens with zero attached hydrogens (tertiary/aromatic N) is 5. The summed E-state index contributed by atoms with van der Waals surface area (Å²) in [6, 6.07) is 17.9. The highest BCUT2D eigenvalue weighted by Crippen LogP contribution is 2.20. The van der Waals surface area contributed by atoms with Gasteiger partial charge in [0.25, 0.3) is 5.95 Å². The molecule has 0 amide bonds. The molecule has 134 valence electrons. The van der Waals surface area contributed by atoms with Gasteiger partial charge in [-0.1, -0.05) is 42.5 Å². The zero-order valence-corrected chi connectivity index (χ0v) is 15.2. The molecule has 0 radical (unpaired) electrons. The molecule has 0 fully saturated rings. The van der Waals surface area contributed by atoms with E-state index >= 15 is 0 Å². The van der Waals surface area contributed by atoms with Crippen molar-refractivity contribution in [2.45, 2.75) is 6.92 Å². The summed E-state index contributed by atoms with van der Waals surface area (Å²) < 4.78 is 16.5. The highest BCUT2D eigenvalue weighted by atomic mass is 32.1. The fourth-order valence-corrected chi connectivity index (χ4v) is 2.80. The van der Waals surface area contributed by atoms with E-state index in [4.69, 9.17) is 12.2 Å². The van der Waals surface area contributed by atoms with Crippen molar-refractivity contribution in [1.82, 2.24) is 24.7 Å². The third-order valence-corrected chi connectivity index (χ3v) is 4.24. The van der Waals surface area contributed by atoms with Gasteiger partial charge < -0.3 is 0 Å². The molecule has 2 heterocycles. The second-order valence-corrected chi connectivity index (χ2v) is 6.27. The molecule has 4 aromatic rings. The number of hydrogen-bond acceptors (Lipinski definition) is 4. The van der Waals surface area contributed by atoms with Crippen LogP contribution in [0.5, 0.6) is 0 Å². The van der Waals surface area contributed by atoms with Crippen LogP contribution in [-0.4, -0.2) is 30.9 Å². The summed E-state index contributed by atoms with van der Waals surface area (Å²) in [5.74, 6) is 0.145. The molecule has 2 aromatic heterocycles. The molecule has 4 rings (SSSR count). The minimum absolute atomic E-state index is 0.298. The second-order valence-electron chi connectivity index (χ2n) is 5.89. The first-order valence-electron chi connectivity index (χ1n) is 8.21. The van der Waals surface area contributed by atoms with Crippen molar-refractivity contribution in [1.29, 1.82) is 0 Å². The van der Waals surface area contributed by atoms with E-state index in [1.54, 1.807) is 23.0 Å². The third-order valence-electron chi connectivity index (χ3n) is 3.97. The fourth-order valence-electron chi connectivity index (χ4n) is 2.62. The lowest BCUT2D eigenvalue weighted by Crippen LogP contribution is -2.07. The Balaban J connectivity index is 1.73. The van der Waals surface area contributed by atoms with Gasteiger partial charge in [0.05, 0.1) is 11.9 Å². The second kappa shape index (κ2) is 7.08. The van der Waals surface area contributed by atoms with Gasteiger partial charge in [0.15, 0.2) is 0 Å². The molecule has 0 bridgehead atoms. The van der Waals surface area contributed by atoms with Crippen molar-refractivity contribution >= 4 is 18.4 Å². The molecule has 0 aliphatic heterocycles. The number of halogens is 1. The number of aryl methyl sites for hydroxylation is 1. The van der Waals surface area contributed by atoms with E-state index in [2.05, 4.69) is 20.4 Å². The Labute approximate surface area is 159 Å². The van der Waals surface area contributed by atoms with Crippen LogP contribution in [0.3, 0.4) is 0 Å². The van der Waals surface area contributed by atoms with Crippen molar-refractivity contribution in [3.63, 3.8) is 0 Å². The SMILES string of the molecule is Cc1cc(-c2ccccc2)nn1-c1n[nH]c(=S)n1/N=C/c1ccc(F)cc1. The zero-order valence-electron chi connectivity index (χ0n) is 14.4. The highest BCUT2D eigenvalue weighted by Gasteiger charge is 2.14. The Morgan fingerprint density at radius 3 is 2.59 bits per heavy atom. The first-order chi connectivity index (χ1) is 13.1. The molecule has 0 aliphatic rings. The van der Waals surface area contributed by atoms with Crippen LogP contribution in [-0.2, 0) is 0 Å². The minimum atomic E-state index is -0.298. The monoisotopic (exact) mass is 378 g/mol. The fraction of sp³-hybridized carbons (Fsp3) is 0.0526. The van der Waals surface area contributed by atoms with E-state index in [0.29, 0.717) is 10.7 Å². The van der Waals surface area contributed by atoms with Crippen molar-refractivity contribution < 1.29 is 4.39 Å². The molecular formula is C19H15FN6S. The van der Waals surface area contributed by atoms with E-state index in [9.17, 15) is 4.39 Å². The summed E-state index contributed by atoms with van der Waals surface area (Å²) in [5, 5.41) is 16.0. The molecule has 27 heavy (non-hydrogen) atoms. The number of rotatable bonds is 4. The van der Waals surface area contributed by atoms with Crippen molar-refractivity contribution in [2.24, 2.45) is 5.10 Å². The summed E-state index contributed by atoms with van der Waals surface area (Å²) in [7, 11) is 0. The average Bonchev–Trinajstić information content (AvgIpc) is 3.24. The number of aromatic nitrogens is 5. The lowest BCUT2D eigenvalue weighted by Gasteiger charge is -2.02. The summed E-state index contributed by atoms with van der Waals surface area (Å²) in [4.78, 5) is 0. The Bertz CT molecular complexity index is 1160. The lowest BCUT2D eigenvalue weighted by atomic mass is 10.1. The van der Waals surface area contributed by atoms with Crippen molar-refractivity contribution in [2.75, 3.05) is 0 Å². The van der Waals surface area contributed by atoms with Crippen molar-refractivity contribution in [3.05, 3.63) is 82.5 Å². The molecule has 8 heteroatoms. The Kier molecular flexibility index (Phi) is 4.47. The molecule has 0 saturated heterocycles. The predicted octanol–water partition coefficient (Wildman–Crippen LogP) is 4.12. The highest BCUT2D eigenvalue weighted by molar-refractivity contribution is 7.71. The van der Waals surface area contributed by atoms with Gasteiger partial charge in [0.1, 0.15) is 5.82 Å². The normalized spacial score (nSPS) is 11.3. The van der Waals surface area contributed by atoms with Crippen LogP contribution in [0.2, 0.25) is 0 Å². The topological polar surface area (TPSA) is 63.8 Å². The maximum Gasteiger partial charge on any atom is 0.271 e. The van der Waals surface area contributed by atoms with E-state index in [1.165, 1.54) is 16.8 Å². The van der Waals surface area contributed by atoms with Crippen LogP contribution >= 0.6 is 12.2 Å². The number of hydrogen-bond donors (Lipinski definition) is 1. The lowest BCUT2D eigenvalue weighted by molar-refractivity contribution is 0.628. The molecule has 0 spiro atoms. The van der Waals surface area contributed by atoms with E-state index in [-0.39, 0.29) is 5.82 Å². The van der Waals surface area contributed by atoms with Crippen LogP contribution in [0.25, 0.3) is 17.2 Å². The number of H-pyrrole nitrogens is 1. The Morgan fingerprint density at radius 2 is 1.85 bits per heavy atom. The standard InChI is InChI=1S/C19H15FN6S/c1-13-11-17(15-5-3-2-4-6-15)24-25(13)18-22-23-19(27)26(18)21-12-14-7-9-16(20)10-8-14/h2-12H,1H3,(H,23,27)/b21-12+. The van der Waals surface area contributed by atoms with Gasteiger partial charge in [0, 0.05) is 11.3 Å². The maximum absolute atomic E-state index is 13.0. The van der Waals surface area contributed by atoms with Gasteiger partial charge in [-0.15, -0.1) is 5.10 Å². The molecule has 0 saturated carbocycles. The molecule has 6 nitrogen and oxygen atoms in total. The van der Waals surface area contributed by atoms with Crippen LogP contribution < -0.4 is 0 Å². The molecule has 2 aromatic carbocycles. The van der Waals surface area contributed by atoms with Crippen LogP contribution in [0.4, 0.5) is 4.39 Å². The van der Waals surface area contributed by atoms with Gasteiger partial charge in [-0.05, 0) is 42.9 Å². The summed E-state index contributed by atoms with van der Waals surface area (Å²) in [6.07, 6.45) is 1.59. The van der Waals surface area contributed by atoms with Gasteiger partial charge in [-0.25, -0.2) is 14.2 Å². The van der Waals surface area contributed by atoms with Gasteiger partial charge in [0.2, 0.25) is 4.77 Å². The minimum Gasteiger partial charge on any atom is -0.248 e. The van der Waals surface area contributed by atoms with Crippen molar-refractivity contribution in [3.8, 4) is 17.2 Å².